The predicted octanol–water partition coefficient (Wildman–Crippen LogP) is 2.76. The van der Waals surface area contributed by atoms with Crippen LogP contribution in [0.2, 0.25) is 0 Å². The van der Waals surface area contributed by atoms with Gasteiger partial charge < -0.3 is 10.3 Å². The SMILES string of the molecule is O=c1[nH]c2cc(CCl)cc(F)c2c2c1CCCN2. The second-order valence-corrected chi connectivity index (χ2v) is 4.74. The van der Waals surface area contributed by atoms with Crippen LogP contribution in [0.1, 0.15) is 17.5 Å². The van der Waals surface area contributed by atoms with E-state index >= 15 is 0 Å². The van der Waals surface area contributed by atoms with Gasteiger partial charge in [0.05, 0.1) is 16.6 Å². The van der Waals surface area contributed by atoms with Crippen LogP contribution in [0.4, 0.5) is 10.1 Å². The molecule has 1 aliphatic heterocycles. The molecule has 94 valence electrons. The zero-order valence-electron chi connectivity index (χ0n) is 9.65. The van der Waals surface area contributed by atoms with Crippen molar-refractivity contribution in [2.75, 3.05) is 11.9 Å². The summed E-state index contributed by atoms with van der Waals surface area (Å²) in [7, 11) is 0. The molecule has 5 heteroatoms. The molecule has 0 amide bonds. The Balaban J connectivity index is 2.41. The number of nitrogens with one attached hydrogen (secondary N) is 2. The molecular weight excluding hydrogens is 255 g/mol. The number of halogens is 2. The zero-order chi connectivity index (χ0) is 12.7. The maximum atomic E-state index is 14.1. The van der Waals surface area contributed by atoms with Crippen molar-refractivity contribution in [2.45, 2.75) is 18.7 Å². The summed E-state index contributed by atoms with van der Waals surface area (Å²) in [6.45, 7) is 0.766. The maximum Gasteiger partial charge on any atom is 0.253 e. The van der Waals surface area contributed by atoms with Gasteiger partial charge in [-0.25, -0.2) is 4.39 Å². The van der Waals surface area contributed by atoms with Gasteiger partial charge in [0, 0.05) is 18.0 Å². The molecule has 0 fully saturated rings. The topological polar surface area (TPSA) is 44.9 Å². The third-order valence-corrected chi connectivity index (χ3v) is 3.59. The molecule has 1 aromatic carbocycles. The van der Waals surface area contributed by atoms with Gasteiger partial charge in [-0.1, -0.05) is 0 Å². The van der Waals surface area contributed by atoms with Crippen LogP contribution in [-0.4, -0.2) is 11.5 Å². The molecule has 2 heterocycles. The average molecular weight is 267 g/mol. The fraction of sp³-hybridized carbons (Fsp3) is 0.308. The summed E-state index contributed by atoms with van der Waals surface area (Å²) < 4.78 is 14.1. The molecule has 0 saturated carbocycles. The summed E-state index contributed by atoms with van der Waals surface area (Å²) >= 11 is 5.71. The molecule has 2 aromatic rings. The number of hydrogen-bond acceptors (Lipinski definition) is 2. The van der Waals surface area contributed by atoms with Crippen molar-refractivity contribution in [2.24, 2.45) is 0 Å². The van der Waals surface area contributed by atoms with Gasteiger partial charge in [0.1, 0.15) is 5.82 Å². The highest BCUT2D eigenvalue weighted by Crippen LogP contribution is 2.30. The molecular formula is C13H12ClFN2O. The molecule has 0 unspecified atom stereocenters. The molecule has 0 atom stereocenters. The number of benzene rings is 1. The maximum absolute atomic E-state index is 14.1. The molecule has 0 bridgehead atoms. The van der Waals surface area contributed by atoms with E-state index in [4.69, 9.17) is 11.6 Å². The van der Waals surface area contributed by atoms with E-state index in [0.717, 1.165) is 13.0 Å². The Bertz CT molecular complexity index is 681. The van der Waals surface area contributed by atoms with Crippen molar-refractivity contribution in [3.63, 3.8) is 0 Å². The Morgan fingerprint density at radius 1 is 1.39 bits per heavy atom. The van der Waals surface area contributed by atoms with Gasteiger partial charge in [-0.2, -0.15) is 0 Å². The second-order valence-electron chi connectivity index (χ2n) is 4.47. The monoisotopic (exact) mass is 266 g/mol. The Hall–Kier alpha value is -1.55. The lowest BCUT2D eigenvalue weighted by atomic mass is 10.0. The van der Waals surface area contributed by atoms with Crippen LogP contribution in [0.25, 0.3) is 10.9 Å². The largest absolute Gasteiger partial charge is 0.384 e. The Morgan fingerprint density at radius 2 is 2.22 bits per heavy atom. The standard InChI is InChI=1S/C13H12ClFN2O/c14-6-7-4-9(15)11-10(5-7)17-13(18)8-2-1-3-16-12(8)11/h4-5,16H,1-3,6H2,(H,17,18). The molecule has 18 heavy (non-hydrogen) atoms. The number of hydrogen-bond donors (Lipinski definition) is 2. The number of rotatable bonds is 1. The van der Waals surface area contributed by atoms with Crippen LogP contribution >= 0.6 is 11.6 Å². The van der Waals surface area contributed by atoms with Crippen molar-refractivity contribution >= 4 is 28.2 Å². The molecule has 0 radical (unpaired) electrons. The van der Waals surface area contributed by atoms with Gasteiger partial charge in [-0.15, -0.1) is 11.6 Å². The Morgan fingerprint density at radius 3 is 3.00 bits per heavy atom. The molecule has 1 aromatic heterocycles. The molecule has 2 N–H and O–H groups in total. The van der Waals surface area contributed by atoms with Crippen LogP contribution in [0.15, 0.2) is 16.9 Å². The highest BCUT2D eigenvalue weighted by atomic mass is 35.5. The Kier molecular flexibility index (Phi) is 2.74. The van der Waals surface area contributed by atoms with Gasteiger partial charge >= 0.3 is 0 Å². The highest BCUT2D eigenvalue weighted by molar-refractivity contribution is 6.17. The van der Waals surface area contributed by atoms with E-state index < -0.39 is 0 Å². The lowest BCUT2D eigenvalue weighted by Crippen LogP contribution is -2.22. The second kappa shape index (κ2) is 4.28. The van der Waals surface area contributed by atoms with Gasteiger partial charge in [-0.05, 0) is 30.5 Å². The summed E-state index contributed by atoms with van der Waals surface area (Å²) in [5.41, 5.74) is 2.30. The number of aromatic amines is 1. The van der Waals surface area contributed by atoms with Gasteiger partial charge in [0.2, 0.25) is 0 Å². The summed E-state index contributed by atoms with van der Waals surface area (Å²) in [5.74, 6) is -0.121. The molecule has 1 aliphatic rings. The first-order valence-corrected chi connectivity index (χ1v) is 6.41. The van der Waals surface area contributed by atoms with E-state index in [1.165, 1.54) is 6.07 Å². The summed E-state index contributed by atoms with van der Waals surface area (Å²) in [6, 6.07) is 3.15. The third-order valence-electron chi connectivity index (χ3n) is 3.28. The van der Waals surface area contributed by atoms with Crippen molar-refractivity contribution < 1.29 is 4.39 Å². The normalized spacial score (nSPS) is 14.3. The number of pyridine rings is 1. The Labute approximate surface area is 108 Å². The summed E-state index contributed by atoms with van der Waals surface area (Å²) in [6.07, 6.45) is 1.58. The number of fused-ring (bicyclic) bond motifs is 3. The van der Waals surface area contributed by atoms with E-state index in [2.05, 4.69) is 10.3 Å². The minimum Gasteiger partial charge on any atom is -0.384 e. The van der Waals surface area contributed by atoms with E-state index in [0.29, 0.717) is 34.1 Å². The van der Waals surface area contributed by atoms with Crippen molar-refractivity contribution in [1.82, 2.24) is 4.98 Å². The smallest absolute Gasteiger partial charge is 0.253 e. The molecule has 3 rings (SSSR count). The van der Waals surface area contributed by atoms with Crippen molar-refractivity contribution in [1.29, 1.82) is 0 Å². The molecule has 0 saturated heterocycles. The lowest BCUT2D eigenvalue weighted by Gasteiger charge is -2.19. The third kappa shape index (κ3) is 1.68. The predicted molar refractivity (Wildman–Crippen MR) is 70.9 cm³/mol. The quantitative estimate of drug-likeness (QED) is 0.780. The van der Waals surface area contributed by atoms with E-state index in [1.807, 2.05) is 0 Å². The average Bonchev–Trinajstić information content (AvgIpc) is 2.38. The van der Waals surface area contributed by atoms with Crippen LogP contribution in [0.3, 0.4) is 0 Å². The number of aromatic nitrogens is 1. The van der Waals surface area contributed by atoms with E-state index in [9.17, 15) is 9.18 Å². The molecule has 3 nitrogen and oxygen atoms in total. The minimum absolute atomic E-state index is 0.143. The molecule has 0 spiro atoms. The van der Waals surface area contributed by atoms with Crippen LogP contribution in [-0.2, 0) is 12.3 Å². The highest BCUT2D eigenvalue weighted by Gasteiger charge is 2.18. The van der Waals surface area contributed by atoms with E-state index in [1.54, 1.807) is 6.07 Å². The first-order valence-electron chi connectivity index (χ1n) is 5.88. The van der Waals surface area contributed by atoms with Gasteiger partial charge in [0.15, 0.2) is 0 Å². The van der Waals surface area contributed by atoms with Crippen LogP contribution in [0, 0.1) is 5.82 Å². The zero-order valence-corrected chi connectivity index (χ0v) is 10.4. The first kappa shape index (κ1) is 11.5. The first-order chi connectivity index (χ1) is 8.70. The number of H-pyrrole nitrogens is 1. The van der Waals surface area contributed by atoms with Crippen molar-refractivity contribution in [3.8, 4) is 0 Å². The fourth-order valence-corrected chi connectivity index (χ4v) is 2.62. The number of alkyl halides is 1. The molecule has 0 aliphatic carbocycles. The summed E-state index contributed by atoms with van der Waals surface area (Å²) in [5, 5.41) is 3.59. The van der Waals surface area contributed by atoms with Crippen molar-refractivity contribution in [3.05, 3.63) is 39.4 Å². The van der Waals surface area contributed by atoms with Crippen LogP contribution < -0.4 is 10.9 Å². The number of anilines is 1. The lowest BCUT2D eigenvalue weighted by molar-refractivity contribution is 0.637. The van der Waals surface area contributed by atoms with E-state index in [-0.39, 0.29) is 17.3 Å². The minimum atomic E-state index is -0.343. The van der Waals surface area contributed by atoms with Gasteiger partial charge in [0.25, 0.3) is 5.56 Å². The van der Waals surface area contributed by atoms with Gasteiger partial charge in [-0.3, -0.25) is 4.79 Å². The fourth-order valence-electron chi connectivity index (χ4n) is 2.47. The summed E-state index contributed by atoms with van der Waals surface area (Å²) in [4.78, 5) is 14.7. The van der Waals surface area contributed by atoms with Crippen LogP contribution in [0.5, 0.6) is 0 Å².